The van der Waals surface area contributed by atoms with E-state index < -0.39 is 0 Å². The van der Waals surface area contributed by atoms with Crippen molar-refractivity contribution in [3.8, 4) is 0 Å². The third-order valence-electron chi connectivity index (χ3n) is 4.97. The van der Waals surface area contributed by atoms with Crippen LogP contribution in [0, 0.1) is 6.92 Å². The Morgan fingerprint density at radius 1 is 1.38 bits per heavy atom. The third-order valence-corrected chi connectivity index (χ3v) is 6.16. The summed E-state index contributed by atoms with van der Waals surface area (Å²) in [5.41, 5.74) is 2.55. The quantitative estimate of drug-likeness (QED) is 0.705. The van der Waals surface area contributed by atoms with Gasteiger partial charge in [-0.05, 0) is 31.7 Å². The molecule has 3 aromatic heterocycles. The number of thiophene rings is 1. The maximum Gasteiger partial charge on any atom is 0.264 e. The van der Waals surface area contributed by atoms with E-state index in [9.17, 15) is 9.59 Å². The Balaban J connectivity index is 1.64. The summed E-state index contributed by atoms with van der Waals surface area (Å²) >= 11 is 1.27. The molecule has 136 valence electrons. The third kappa shape index (κ3) is 2.65. The van der Waals surface area contributed by atoms with Crippen LogP contribution in [0.25, 0.3) is 10.2 Å². The molecule has 7 nitrogen and oxygen atoms in total. The maximum absolute atomic E-state index is 13.0. The molecule has 0 radical (unpaired) electrons. The lowest BCUT2D eigenvalue weighted by molar-refractivity contribution is 0.0786. The van der Waals surface area contributed by atoms with E-state index in [1.807, 2.05) is 0 Å². The standard InChI is InChI=1S/C18H20N4O3S/c1-10-14-16(19-9-22(3)17(14)23)26-15(10)18(24)21(2)8-12-11-6-4-5-7-13(11)25-20-12/h9H,4-8H2,1-3H3. The van der Waals surface area contributed by atoms with Crippen LogP contribution in [-0.2, 0) is 26.4 Å². The number of nitrogens with zero attached hydrogens (tertiary/aromatic N) is 4. The van der Waals surface area contributed by atoms with Gasteiger partial charge < -0.3 is 14.0 Å². The molecular weight excluding hydrogens is 352 g/mol. The topological polar surface area (TPSA) is 81.2 Å². The van der Waals surface area contributed by atoms with Crippen LogP contribution in [0.1, 0.15) is 45.1 Å². The Labute approximate surface area is 154 Å². The fourth-order valence-electron chi connectivity index (χ4n) is 3.46. The fraction of sp³-hybridized carbons (Fsp3) is 0.444. The molecule has 0 aromatic carbocycles. The molecule has 0 spiro atoms. The predicted molar refractivity (Wildman–Crippen MR) is 98.5 cm³/mol. The van der Waals surface area contributed by atoms with Crippen LogP contribution in [-0.4, -0.2) is 32.6 Å². The molecular formula is C18H20N4O3S. The lowest BCUT2D eigenvalue weighted by Crippen LogP contribution is -2.27. The molecule has 0 aliphatic heterocycles. The number of amides is 1. The van der Waals surface area contributed by atoms with Crippen molar-refractivity contribution in [1.29, 1.82) is 0 Å². The Kier molecular flexibility index (Phi) is 4.14. The van der Waals surface area contributed by atoms with Gasteiger partial charge in [-0.15, -0.1) is 11.3 Å². The van der Waals surface area contributed by atoms with Crippen molar-refractivity contribution in [3.63, 3.8) is 0 Å². The molecule has 8 heteroatoms. The minimum absolute atomic E-state index is 0.125. The summed E-state index contributed by atoms with van der Waals surface area (Å²) in [6, 6.07) is 0. The first-order valence-corrected chi connectivity index (χ1v) is 9.45. The van der Waals surface area contributed by atoms with Crippen LogP contribution in [0.3, 0.4) is 0 Å². The van der Waals surface area contributed by atoms with Gasteiger partial charge in [0.1, 0.15) is 16.3 Å². The van der Waals surface area contributed by atoms with Crippen LogP contribution < -0.4 is 5.56 Å². The van der Waals surface area contributed by atoms with Crippen LogP contribution in [0.5, 0.6) is 0 Å². The molecule has 3 aromatic rings. The molecule has 0 saturated carbocycles. The molecule has 3 heterocycles. The average Bonchev–Trinajstić information content (AvgIpc) is 3.19. The molecule has 1 aliphatic carbocycles. The van der Waals surface area contributed by atoms with Gasteiger partial charge in [0.25, 0.3) is 11.5 Å². The molecule has 0 N–H and O–H groups in total. The van der Waals surface area contributed by atoms with Gasteiger partial charge in [-0.3, -0.25) is 9.59 Å². The van der Waals surface area contributed by atoms with Crippen molar-refractivity contribution in [1.82, 2.24) is 19.6 Å². The minimum Gasteiger partial charge on any atom is -0.361 e. The summed E-state index contributed by atoms with van der Waals surface area (Å²) in [5.74, 6) is 0.831. The Morgan fingerprint density at radius 2 is 2.15 bits per heavy atom. The molecule has 4 rings (SSSR count). The molecule has 0 unspecified atom stereocenters. The van der Waals surface area contributed by atoms with Crippen LogP contribution in [0.15, 0.2) is 15.6 Å². The second kappa shape index (κ2) is 6.35. The zero-order valence-corrected chi connectivity index (χ0v) is 15.9. The SMILES string of the molecule is Cc1c(C(=O)N(C)Cc2noc3c2CCCC3)sc2ncn(C)c(=O)c12. The van der Waals surface area contributed by atoms with E-state index in [4.69, 9.17) is 4.52 Å². The predicted octanol–water partition coefficient (Wildman–Crippen LogP) is 2.44. The van der Waals surface area contributed by atoms with Gasteiger partial charge in [-0.1, -0.05) is 5.16 Å². The van der Waals surface area contributed by atoms with Gasteiger partial charge in [0, 0.05) is 26.1 Å². The van der Waals surface area contributed by atoms with Crippen molar-refractivity contribution >= 4 is 27.5 Å². The lowest BCUT2D eigenvalue weighted by Gasteiger charge is -2.17. The monoisotopic (exact) mass is 372 g/mol. The van der Waals surface area contributed by atoms with E-state index in [1.165, 1.54) is 22.2 Å². The Morgan fingerprint density at radius 3 is 2.96 bits per heavy atom. The first kappa shape index (κ1) is 17.0. The number of hydrogen-bond acceptors (Lipinski definition) is 6. The largest absolute Gasteiger partial charge is 0.361 e. The molecule has 0 fully saturated rings. The summed E-state index contributed by atoms with van der Waals surface area (Å²) in [7, 11) is 3.41. The normalized spacial score (nSPS) is 13.8. The minimum atomic E-state index is -0.129. The second-order valence-electron chi connectivity index (χ2n) is 6.80. The van der Waals surface area contributed by atoms with Gasteiger partial charge in [-0.25, -0.2) is 4.98 Å². The zero-order valence-electron chi connectivity index (χ0n) is 15.0. The highest BCUT2D eigenvalue weighted by molar-refractivity contribution is 7.20. The smallest absolute Gasteiger partial charge is 0.264 e. The summed E-state index contributed by atoms with van der Waals surface area (Å²) in [4.78, 5) is 32.4. The van der Waals surface area contributed by atoms with Crippen molar-refractivity contribution in [2.75, 3.05) is 7.05 Å². The van der Waals surface area contributed by atoms with Crippen molar-refractivity contribution in [2.45, 2.75) is 39.2 Å². The first-order chi connectivity index (χ1) is 12.5. The highest BCUT2D eigenvalue weighted by Crippen LogP contribution is 2.29. The van der Waals surface area contributed by atoms with Gasteiger partial charge in [0.2, 0.25) is 0 Å². The van der Waals surface area contributed by atoms with Crippen LogP contribution in [0.4, 0.5) is 0 Å². The number of aryl methyl sites for hydroxylation is 3. The maximum atomic E-state index is 13.0. The zero-order chi connectivity index (χ0) is 18.4. The first-order valence-electron chi connectivity index (χ1n) is 8.64. The van der Waals surface area contributed by atoms with E-state index in [0.717, 1.165) is 42.7 Å². The average molecular weight is 372 g/mol. The van der Waals surface area contributed by atoms with Crippen molar-refractivity contribution < 1.29 is 9.32 Å². The summed E-state index contributed by atoms with van der Waals surface area (Å²) < 4.78 is 6.87. The Hall–Kier alpha value is -2.48. The van der Waals surface area contributed by atoms with E-state index >= 15 is 0 Å². The highest BCUT2D eigenvalue weighted by Gasteiger charge is 2.25. The van der Waals surface area contributed by atoms with E-state index in [-0.39, 0.29) is 11.5 Å². The molecule has 0 saturated heterocycles. The summed E-state index contributed by atoms with van der Waals surface area (Å²) in [6.45, 7) is 2.21. The number of hydrogen-bond donors (Lipinski definition) is 0. The van der Waals surface area contributed by atoms with Crippen molar-refractivity contribution in [3.05, 3.63) is 44.1 Å². The molecule has 1 aliphatic rings. The highest BCUT2D eigenvalue weighted by atomic mass is 32.1. The Bertz CT molecular complexity index is 1060. The van der Waals surface area contributed by atoms with Gasteiger partial charge >= 0.3 is 0 Å². The summed E-state index contributed by atoms with van der Waals surface area (Å²) in [6.07, 6.45) is 5.62. The summed E-state index contributed by atoms with van der Waals surface area (Å²) in [5, 5.41) is 4.70. The number of fused-ring (bicyclic) bond motifs is 2. The van der Waals surface area contributed by atoms with Gasteiger partial charge in [-0.2, -0.15) is 0 Å². The number of carbonyl (C=O) groups excluding carboxylic acids is 1. The van der Waals surface area contributed by atoms with E-state index in [0.29, 0.717) is 27.2 Å². The number of aromatic nitrogens is 3. The molecule has 1 amide bonds. The second-order valence-corrected chi connectivity index (χ2v) is 7.80. The van der Waals surface area contributed by atoms with E-state index in [1.54, 1.807) is 25.9 Å². The van der Waals surface area contributed by atoms with Gasteiger partial charge in [0.05, 0.1) is 23.1 Å². The number of rotatable bonds is 3. The molecule has 0 atom stereocenters. The van der Waals surface area contributed by atoms with E-state index in [2.05, 4.69) is 10.1 Å². The van der Waals surface area contributed by atoms with Crippen LogP contribution in [0.2, 0.25) is 0 Å². The van der Waals surface area contributed by atoms with Gasteiger partial charge in [0.15, 0.2) is 0 Å². The lowest BCUT2D eigenvalue weighted by atomic mass is 9.96. The number of carbonyl (C=O) groups is 1. The molecule has 0 bridgehead atoms. The van der Waals surface area contributed by atoms with Crippen molar-refractivity contribution in [2.24, 2.45) is 7.05 Å². The van der Waals surface area contributed by atoms with Crippen LogP contribution >= 0.6 is 11.3 Å². The molecule has 26 heavy (non-hydrogen) atoms. The fourth-order valence-corrected chi connectivity index (χ4v) is 4.59.